The molecular formula is C62H86. The molecule has 0 aromatic heterocycles. The van der Waals surface area contributed by atoms with Gasteiger partial charge in [0.1, 0.15) is 0 Å². The first-order valence-electron chi connectivity index (χ1n) is 25.8. The van der Waals surface area contributed by atoms with Crippen LogP contribution in [0.15, 0.2) is 119 Å². The van der Waals surface area contributed by atoms with E-state index < -0.39 is 0 Å². The SMILES string of the molecule is CC(C)(C)C1=CC2C3C=C(C(C)(C)C)C=CC3C(C(C)(c3cccc([C@@](C)(C4CCCC4)C4C5C=CC(C(C)(C)C)=CC5C5C=C(C(C)(C)C)C=CC54)c3)C3CCCC3)C2C=C1. The fourth-order valence-corrected chi connectivity index (χ4v) is 15.5. The molecule has 0 heterocycles. The third-order valence-corrected chi connectivity index (χ3v) is 19.2. The molecule has 0 N–H and O–H groups in total. The van der Waals surface area contributed by atoms with E-state index in [0.717, 1.165) is 0 Å². The van der Waals surface area contributed by atoms with Crippen LogP contribution in [0.2, 0.25) is 0 Å². The third kappa shape index (κ3) is 7.29. The molecule has 10 atom stereocenters. The number of hydrogen-bond acceptors (Lipinski definition) is 0. The molecule has 8 aliphatic rings. The van der Waals surface area contributed by atoms with E-state index in [0.29, 0.717) is 71.0 Å². The average molecular weight is 831 g/mol. The Labute approximate surface area is 380 Å². The van der Waals surface area contributed by atoms with Crippen LogP contribution in [0, 0.1) is 92.7 Å². The molecule has 62 heavy (non-hydrogen) atoms. The van der Waals surface area contributed by atoms with E-state index in [4.69, 9.17) is 0 Å². The molecule has 4 fully saturated rings. The molecular weight excluding hydrogens is 745 g/mol. The normalized spacial score (nSPS) is 35.6. The Morgan fingerprint density at radius 1 is 0.355 bits per heavy atom. The van der Waals surface area contributed by atoms with Crippen molar-refractivity contribution in [3.63, 3.8) is 0 Å². The minimum absolute atomic E-state index is 0.0746. The molecule has 0 nitrogen and oxygen atoms in total. The van der Waals surface area contributed by atoms with Gasteiger partial charge in [-0.2, -0.15) is 0 Å². The Kier molecular flexibility index (Phi) is 11.0. The van der Waals surface area contributed by atoms with Crippen molar-refractivity contribution in [3.05, 3.63) is 131 Å². The first-order valence-corrected chi connectivity index (χ1v) is 25.8. The van der Waals surface area contributed by atoms with Gasteiger partial charge in [-0.1, -0.05) is 220 Å². The maximum absolute atomic E-state index is 2.87. The highest BCUT2D eigenvalue weighted by Crippen LogP contribution is 2.66. The zero-order valence-corrected chi connectivity index (χ0v) is 41.8. The monoisotopic (exact) mass is 831 g/mol. The number of hydrogen-bond donors (Lipinski definition) is 0. The molecule has 0 radical (unpaired) electrons. The fourth-order valence-electron chi connectivity index (χ4n) is 15.5. The number of benzene rings is 1. The second kappa shape index (κ2) is 15.4. The Balaban J connectivity index is 1.19. The lowest BCUT2D eigenvalue weighted by molar-refractivity contribution is 0.130. The molecule has 0 aliphatic heterocycles. The Morgan fingerprint density at radius 2 is 0.613 bits per heavy atom. The summed E-state index contributed by atoms with van der Waals surface area (Å²) in [5.74, 6) is 6.83. The summed E-state index contributed by atoms with van der Waals surface area (Å²) in [5.41, 5.74) is 10.2. The summed E-state index contributed by atoms with van der Waals surface area (Å²) < 4.78 is 0. The highest BCUT2D eigenvalue weighted by Gasteiger charge is 2.60. The lowest BCUT2D eigenvalue weighted by Crippen LogP contribution is -2.46. The van der Waals surface area contributed by atoms with Crippen molar-refractivity contribution in [2.75, 3.05) is 0 Å². The van der Waals surface area contributed by atoms with E-state index in [1.54, 1.807) is 11.1 Å². The molecule has 8 aliphatic carbocycles. The molecule has 0 saturated heterocycles. The summed E-state index contributed by atoms with van der Waals surface area (Å²) >= 11 is 0. The number of rotatable bonds is 6. The van der Waals surface area contributed by atoms with Crippen molar-refractivity contribution in [3.8, 4) is 0 Å². The zero-order valence-electron chi connectivity index (χ0n) is 41.8. The van der Waals surface area contributed by atoms with Gasteiger partial charge in [-0.05, 0) is 163 Å². The summed E-state index contributed by atoms with van der Waals surface area (Å²) in [6.45, 7) is 34.6. The molecule has 0 spiro atoms. The lowest BCUT2D eigenvalue weighted by Gasteiger charge is -2.49. The molecule has 9 unspecified atom stereocenters. The minimum atomic E-state index is 0.0746. The number of fused-ring (bicyclic) bond motifs is 6. The molecule has 4 saturated carbocycles. The van der Waals surface area contributed by atoms with E-state index in [2.05, 4.69) is 194 Å². The molecule has 0 amide bonds. The maximum atomic E-state index is 2.87. The predicted octanol–water partition coefficient (Wildman–Crippen LogP) is 16.9. The first kappa shape index (κ1) is 44.3. The van der Waals surface area contributed by atoms with Gasteiger partial charge in [0.15, 0.2) is 0 Å². The average Bonchev–Trinajstić information content (AvgIpc) is 4.04. The summed E-state index contributed by atoms with van der Waals surface area (Å²) in [4.78, 5) is 0. The van der Waals surface area contributed by atoms with Crippen LogP contribution in [0.25, 0.3) is 0 Å². The van der Waals surface area contributed by atoms with Gasteiger partial charge in [-0.15, -0.1) is 0 Å². The standard InChI is InChI=1S/C62H86/c1-57(2,3)41-26-30-47-51(35-41)52-36-42(58(4,5)6)27-31-48(52)55(47)61(13,39-20-15-16-21-39)45-24-19-25-46(34-45)62(14,40-22-17-18-23-40)56-49-32-28-43(59(7,8)9)37-53(49)54-38-44(60(10,11)12)29-33-50(54)56/h19,24-40,47-56H,15-18,20-23H2,1-14H3/t47?,48?,49?,50?,51?,52?,53?,54?,55?,56?,61-,62?/m1/s1. The molecule has 0 heteroatoms. The van der Waals surface area contributed by atoms with Crippen LogP contribution < -0.4 is 0 Å². The van der Waals surface area contributed by atoms with Gasteiger partial charge in [0, 0.05) is 0 Å². The quantitative estimate of drug-likeness (QED) is 0.268. The highest BCUT2D eigenvalue weighted by molar-refractivity contribution is 5.46. The van der Waals surface area contributed by atoms with Gasteiger partial charge < -0.3 is 0 Å². The van der Waals surface area contributed by atoms with Crippen LogP contribution in [0.5, 0.6) is 0 Å². The van der Waals surface area contributed by atoms with Crippen LogP contribution in [0.4, 0.5) is 0 Å². The fraction of sp³-hybridized carbons (Fsp3) is 0.645. The van der Waals surface area contributed by atoms with Gasteiger partial charge in [0.25, 0.3) is 0 Å². The second-order valence-corrected chi connectivity index (χ2v) is 26.7. The van der Waals surface area contributed by atoms with Crippen LogP contribution in [0.3, 0.4) is 0 Å². The van der Waals surface area contributed by atoms with Crippen molar-refractivity contribution >= 4 is 0 Å². The van der Waals surface area contributed by atoms with Gasteiger partial charge in [-0.25, -0.2) is 0 Å². The lowest BCUT2D eigenvalue weighted by atomic mass is 9.54. The van der Waals surface area contributed by atoms with Crippen molar-refractivity contribution < 1.29 is 0 Å². The number of allylic oxidation sites excluding steroid dienone is 16. The zero-order chi connectivity index (χ0) is 44.4. The van der Waals surface area contributed by atoms with Gasteiger partial charge in [0.2, 0.25) is 0 Å². The molecule has 1 aromatic carbocycles. The Morgan fingerprint density at radius 3 is 0.855 bits per heavy atom. The van der Waals surface area contributed by atoms with Crippen molar-refractivity contribution in [1.82, 2.24) is 0 Å². The van der Waals surface area contributed by atoms with Crippen LogP contribution in [-0.2, 0) is 10.8 Å². The smallest absolute Gasteiger partial charge is 0.000705 e. The Hall–Kier alpha value is -2.86. The summed E-state index contributed by atoms with van der Waals surface area (Å²) in [6.07, 6.45) is 43.2. The molecule has 1 aromatic rings. The van der Waals surface area contributed by atoms with E-state index in [1.165, 1.54) is 73.7 Å². The van der Waals surface area contributed by atoms with Crippen LogP contribution >= 0.6 is 0 Å². The maximum Gasteiger partial charge on any atom is -0.000705 e. The summed E-state index contributed by atoms with van der Waals surface area (Å²) in [5, 5.41) is 0. The summed E-state index contributed by atoms with van der Waals surface area (Å²) in [6, 6.07) is 10.7. The van der Waals surface area contributed by atoms with Gasteiger partial charge in [-0.3, -0.25) is 0 Å². The van der Waals surface area contributed by atoms with E-state index in [9.17, 15) is 0 Å². The molecule has 9 rings (SSSR count). The first-order chi connectivity index (χ1) is 29.0. The van der Waals surface area contributed by atoms with Crippen molar-refractivity contribution in [1.29, 1.82) is 0 Å². The highest BCUT2D eigenvalue weighted by atomic mass is 14.6. The van der Waals surface area contributed by atoms with Crippen LogP contribution in [-0.4, -0.2) is 0 Å². The van der Waals surface area contributed by atoms with E-state index in [1.807, 2.05) is 0 Å². The van der Waals surface area contributed by atoms with Gasteiger partial charge in [0.05, 0.1) is 0 Å². The predicted molar refractivity (Wildman–Crippen MR) is 267 cm³/mol. The van der Waals surface area contributed by atoms with E-state index in [-0.39, 0.29) is 32.5 Å². The largest absolute Gasteiger partial charge is 0.0802 e. The summed E-state index contributed by atoms with van der Waals surface area (Å²) in [7, 11) is 0. The topological polar surface area (TPSA) is 0 Å². The minimum Gasteiger partial charge on any atom is -0.0802 e. The van der Waals surface area contributed by atoms with Gasteiger partial charge >= 0.3 is 0 Å². The van der Waals surface area contributed by atoms with E-state index >= 15 is 0 Å². The molecule has 334 valence electrons. The molecule has 0 bridgehead atoms. The Bertz CT molecular complexity index is 1870. The van der Waals surface area contributed by atoms with Crippen molar-refractivity contribution in [2.45, 2.75) is 159 Å². The second-order valence-electron chi connectivity index (χ2n) is 26.7. The van der Waals surface area contributed by atoms with Crippen LogP contribution in [0.1, 0.15) is 159 Å². The van der Waals surface area contributed by atoms with Crippen molar-refractivity contribution in [2.24, 2.45) is 92.7 Å². The third-order valence-electron chi connectivity index (χ3n) is 19.2.